The van der Waals surface area contributed by atoms with Crippen molar-refractivity contribution in [3.8, 4) is 0 Å². The molecule has 0 aliphatic rings. The first kappa shape index (κ1) is 21.1. The lowest BCUT2D eigenvalue weighted by Gasteiger charge is -2.29. The van der Waals surface area contributed by atoms with Gasteiger partial charge in [0.05, 0.1) is 17.0 Å². The third kappa shape index (κ3) is 6.49. The predicted molar refractivity (Wildman–Crippen MR) is 94.7 cm³/mol. The summed E-state index contributed by atoms with van der Waals surface area (Å²) < 4.78 is 40.6. The molecule has 0 aromatic heterocycles. The fourth-order valence-electron chi connectivity index (χ4n) is 2.65. The molecule has 0 saturated carbocycles. The van der Waals surface area contributed by atoms with E-state index in [2.05, 4.69) is 11.6 Å². The summed E-state index contributed by atoms with van der Waals surface area (Å²) in [4.78, 5) is 0.00962. The Morgan fingerprint density at radius 3 is 2.29 bits per heavy atom. The van der Waals surface area contributed by atoms with Gasteiger partial charge in [-0.1, -0.05) is 52.9 Å². The Bertz CT molecular complexity index is 574. The van der Waals surface area contributed by atoms with E-state index in [1.165, 1.54) is 12.1 Å². The fourth-order valence-corrected chi connectivity index (χ4v) is 4.03. The van der Waals surface area contributed by atoms with Gasteiger partial charge in [-0.3, -0.25) is 0 Å². The number of aliphatic hydroxyl groups is 1. The highest BCUT2D eigenvalue weighted by atomic mass is 32.2. The summed E-state index contributed by atoms with van der Waals surface area (Å²) in [6, 6.07) is 4.16. The number of sulfonamides is 1. The van der Waals surface area contributed by atoms with Crippen LogP contribution in [-0.2, 0) is 10.0 Å². The smallest absolute Gasteiger partial charge is 0.240 e. The number of aliphatic hydroxyl groups excluding tert-OH is 1. The zero-order valence-corrected chi connectivity index (χ0v) is 15.7. The van der Waals surface area contributed by atoms with Crippen molar-refractivity contribution in [2.75, 3.05) is 0 Å². The topological polar surface area (TPSA) is 66.4 Å². The molecule has 2 N–H and O–H groups in total. The molecule has 1 unspecified atom stereocenters. The molecule has 0 radical (unpaired) electrons. The van der Waals surface area contributed by atoms with E-state index in [1.54, 1.807) is 0 Å². The van der Waals surface area contributed by atoms with E-state index in [0.29, 0.717) is 6.42 Å². The van der Waals surface area contributed by atoms with Crippen LogP contribution in [0.1, 0.15) is 59.3 Å². The molecular weight excluding hydrogens is 329 g/mol. The van der Waals surface area contributed by atoms with E-state index in [4.69, 9.17) is 0 Å². The van der Waals surface area contributed by atoms with E-state index in [9.17, 15) is 17.9 Å². The second-order valence-electron chi connectivity index (χ2n) is 6.40. The second kappa shape index (κ2) is 10.1. The third-order valence-corrected chi connectivity index (χ3v) is 5.92. The maximum atomic E-state index is 13.0. The first-order valence-electron chi connectivity index (χ1n) is 8.77. The number of nitrogens with one attached hydrogen (secondary N) is 1. The van der Waals surface area contributed by atoms with Gasteiger partial charge in [0.2, 0.25) is 10.0 Å². The van der Waals surface area contributed by atoms with Crippen molar-refractivity contribution in [3.63, 3.8) is 0 Å². The third-order valence-electron chi connectivity index (χ3n) is 4.44. The van der Waals surface area contributed by atoms with Gasteiger partial charge >= 0.3 is 0 Å². The highest BCUT2D eigenvalue weighted by molar-refractivity contribution is 7.89. The first-order chi connectivity index (χ1) is 11.3. The molecule has 0 spiro atoms. The van der Waals surface area contributed by atoms with Gasteiger partial charge in [0.15, 0.2) is 0 Å². The number of hydrogen-bond donors (Lipinski definition) is 2. The molecule has 1 rings (SSSR count). The predicted octanol–water partition coefficient (Wildman–Crippen LogP) is 3.85. The molecule has 6 heteroatoms. The molecule has 138 valence electrons. The van der Waals surface area contributed by atoms with Crippen LogP contribution in [0, 0.1) is 11.7 Å². The van der Waals surface area contributed by atoms with E-state index in [1.807, 2.05) is 13.8 Å². The van der Waals surface area contributed by atoms with Gasteiger partial charge in [-0.15, -0.1) is 0 Å². The molecular formula is C18H30FNO3S. The van der Waals surface area contributed by atoms with Crippen molar-refractivity contribution in [3.05, 3.63) is 30.1 Å². The number of hydrogen-bond acceptors (Lipinski definition) is 3. The summed E-state index contributed by atoms with van der Waals surface area (Å²) in [6.07, 6.45) is 4.73. The van der Waals surface area contributed by atoms with Crippen molar-refractivity contribution in [2.45, 2.75) is 76.3 Å². The zero-order chi connectivity index (χ0) is 18.2. The average molecular weight is 360 g/mol. The Morgan fingerprint density at radius 2 is 1.75 bits per heavy atom. The maximum Gasteiger partial charge on any atom is 0.240 e. The molecule has 0 aliphatic carbocycles. The molecule has 0 amide bonds. The molecule has 1 aromatic rings. The Labute approximate surface area is 145 Å². The lowest BCUT2D eigenvalue weighted by atomic mass is 9.92. The van der Waals surface area contributed by atoms with Crippen LogP contribution in [0.25, 0.3) is 0 Å². The van der Waals surface area contributed by atoms with Crippen LogP contribution in [0.4, 0.5) is 4.39 Å². The Morgan fingerprint density at radius 1 is 1.12 bits per heavy atom. The SMILES string of the molecule is CCCCCCC(O)[C@@H](NS(=O)(=O)c1ccc(F)cc1)[C@@H](C)CC. The Hall–Kier alpha value is -0.980. The standard InChI is InChI=1S/C18H30FNO3S/c1-4-6-7-8-9-17(21)18(14(3)5-2)20-24(22,23)16-12-10-15(19)11-13-16/h10-14,17-18,20-21H,4-9H2,1-3H3/t14-,17?,18-/m0/s1. The van der Waals surface area contributed by atoms with Crippen LogP contribution < -0.4 is 4.72 Å². The van der Waals surface area contributed by atoms with Gasteiger partial charge in [-0.05, 0) is 36.6 Å². The fraction of sp³-hybridized carbons (Fsp3) is 0.667. The molecule has 0 fully saturated rings. The lowest BCUT2D eigenvalue weighted by molar-refractivity contribution is 0.100. The van der Waals surface area contributed by atoms with Gasteiger partial charge in [-0.2, -0.15) is 0 Å². The zero-order valence-electron chi connectivity index (χ0n) is 14.8. The summed E-state index contributed by atoms with van der Waals surface area (Å²) in [5.41, 5.74) is 0. The summed E-state index contributed by atoms with van der Waals surface area (Å²) >= 11 is 0. The normalized spacial score (nSPS) is 15.9. The number of halogens is 1. The largest absolute Gasteiger partial charge is 0.391 e. The van der Waals surface area contributed by atoms with Gasteiger partial charge in [0.1, 0.15) is 5.82 Å². The highest BCUT2D eigenvalue weighted by Crippen LogP contribution is 2.20. The molecule has 1 aromatic carbocycles. The summed E-state index contributed by atoms with van der Waals surface area (Å²) in [7, 11) is -3.79. The van der Waals surface area contributed by atoms with Crippen LogP contribution in [0.15, 0.2) is 29.2 Å². The summed E-state index contributed by atoms with van der Waals surface area (Å²) in [5.74, 6) is -0.482. The number of benzene rings is 1. The van der Waals surface area contributed by atoms with Gasteiger partial charge in [0, 0.05) is 0 Å². The highest BCUT2D eigenvalue weighted by Gasteiger charge is 2.29. The molecule has 0 heterocycles. The number of rotatable bonds is 11. The summed E-state index contributed by atoms with van der Waals surface area (Å²) in [5, 5.41) is 10.5. The van der Waals surface area contributed by atoms with Crippen molar-refractivity contribution in [2.24, 2.45) is 5.92 Å². The molecule has 0 saturated heterocycles. The van der Waals surface area contributed by atoms with Crippen LogP contribution in [0.5, 0.6) is 0 Å². The monoisotopic (exact) mass is 359 g/mol. The molecule has 0 bridgehead atoms. The maximum absolute atomic E-state index is 13.0. The minimum Gasteiger partial charge on any atom is -0.391 e. The van der Waals surface area contributed by atoms with Crippen molar-refractivity contribution in [1.29, 1.82) is 0 Å². The number of unbranched alkanes of at least 4 members (excludes halogenated alkanes) is 3. The van der Waals surface area contributed by atoms with Crippen molar-refractivity contribution < 1.29 is 17.9 Å². The van der Waals surface area contributed by atoms with Gasteiger partial charge in [0.25, 0.3) is 0 Å². The van der Waals surface area contributed by atoms with Crippen LogP contribution in [0.3, 0.4) is 0 Å². The van der Waals surface area contributed by atoms with E-state index in [-0.39, 0.29) is 10.8 Å². The summed E-state index contributed by atoms with van der Waals surface area (Å²) in [6.45, 7) is 6.01. The average Bonchev–Trinajstić information content (AvgIpc) is 2.56. The lowest BCUT2D eigenvalue weighted by Crippen LogP contribution is -2.47. The van der Waals surface area contributed by atoms with Gasteiger partial charge < -0.3 is 5.11 Å². The van der Waals surface area contributed by atoms with E-state index in [0.717, 1.165) is 44.2 Å². The first-order valence-corrected chi connectivity index (χ1v) is 10.3. The van der Waals surface area contributed by atoms with Crippen LogP contribution >= 0.6 is 0 Å². The van der Waals surface area contributed by atoms with Crippen LogP contribution in [-0.4, -0.2) is 25.7 Å². The van der Waals surface area contributed by atoms with E-state index < -0.39 is 28.0 Å². The molecule has 4 nitrogen and oxygen atoms in total. The quantitative estimate of drug-likeness (QED) is 0.590. The Kier molecular flexibility index (Phi) is 8.87. The van der Waals surface area contributed by atoms with Gasteiger partial charge in [-0.25, -0.2) is 17.5 Å². The molecule has 3 atom stereocenters. The van der Waals surface area contributed by atoms with Crippen LogP contribution in [0.2, 0.25) is 0 Å². The minimum atomic E-state index is -3.79. The molecule has 0 aliphatic heterocycles. The second-order valence-corrected chi connectivity index (χ2v) is 8.12. The Balaban J connectivity index is 2.82. The van der Waals surface area contributed by atoms with Crippen molar-refractivity contribution >= 4 is 10.0 Å². The minimum absolute atomic E-state index is 0.00129. The van der Waals surface area contributed by atoms with E-state index >= 15 is 0 Å². The van der Waals surface area contributed by atoms with Crippen molar-refractivity contribution in [1.82, 2.24) is 4.72 Å². The molecule has 24 heavy (non-hydrogen) atoms.